The first kappa shape index (κ1) is 20.0. The number of anilines is 1. The van der Waals surface area contributed by atoms with E-state index in [0.29, 0.717) is 35.1 Å². The largest absolute Gasteiger partial charge is 0.497 e. The van der Waals surface area contributed by atoms with Crippen LogP contribution in [0.5, 0.6) is 5.75 Å². The smallest absolute Gasteiger partial charge is 0.286 e. The van der Waals surface area contributed by atoms with Gasteiger partial charge in [0.05, 0.1) is 7.11 Å². The Morgan fingerprint density at radius 2 is 1.97 bits per heavy atom. The number of carbonyl (C=O) groups excluding carboxylic acids is 2. The molecule has 1 N–H and O–H groups in total. The predicted octanol–water partition coefficient (Wildman–Crippen LogP) is 3.82. The van der Waals surface area contributed by atoms with E-state index >= 15 is 0 Å². The maximum absolute atomic E-state index is 12.9. The van der Waals surface area contributed by atoms with Gasteiger partial charge in [-0.3, -0.25) is 9.59 Å². The SMILES string of the molecule is COc1cccc(C(=O)N2CCC[C@@H](c3nnc(C(=O)Nc4ccccc4)s3)C2)c1. The predicted molar refractivity (Wildman–Crippen MR) is 115 cm³/mol. The van der Waals surface area contributed by atoms with Gasteiger partial charge >= 0.3 is 0 Å². The molecule has 2 aromatic carbocycles. The fourth-order valence-corrected chi connectivity index (χ4v) is 4.36. The summed E-state index contributed by atoms with van der Waals surface area (Å²) in [6.45, 7) is 1.26. The van der Waals surface area contributed by atoms with Crippen LogP contribution in [0.1, 0.15) is 43.9 Å². The van der Waals surface area contributed by atoms with Crippen LogP contribution in [0.15, 0.2) is 54.6 Å². The van der Waals surface area contributed by atoms with E-state index in [4.69, 9.17) is 4.74 Å². The van der Waals surface area contributed by atoms with Gasteiger partial charge in [-0.2, -0.15) is 0 Å². The molecular formula is C22H22N4O3S. The molecule has 1 aliphatic rings. The van der Waals surface area contributed by atoms with Crippen LogP contribution in [-0.4, -0.2) is 47.1 Å². The Bertz CT molecular complexity index is 1040. The number of rotatable bonds is 5. The number of nitrogens with one attached hydrogen (secondary N) is 1. The summed E-state index contributed by atoms with van der Waals surface area (Å²) in [6, 6.07) is 16.4. The third kappa shape index (κ3) is 4.49. The number of amides is 2. The summed E-state index contributed by atoms with van der Waals surface area (Å²) in [7, 11) is 1.58. The van der Waals surface area contributed by atoms with E-state index in [1.165, 1.54) is 11.3 Å². The second kappa shape index (κ2) is 9.04. The van der Waals surface area contributed by atoms with Crippen molar-refractivity contribution in [3.63, 3.8) is 0 Å². The van der Waals surface area contributed by atoms with E-state index in [0.717, 1.165) is 17.8 Å². The number of para-hydroxylation sites is 1. The van der Waals surface area contributed by atoms with Gasteiger partial charge in [0.15, 0.2) is 0 Å². The molecule has 3 aromatic rings. The highest BCUT2D eigenvalue weighted by atomic mass is 32.1. The molecular weight excluding hydrogens is 400 g/mol. The van der Waals surface area contributed by atoms with Gasteiger partial charge in [0.1, 0.15) is 10.8 Å². The topological polar surface area (TPSA) is 84.4 Å². The van der Waals surface area contributed by atoms with E-state index in [-0.39, 0.29) is 17.7 Å². The van der Waals surface area contributed by atoms with Gasteiger partial charge in [0, 0.05) is 30.3 Å². The van der Waals surface area contributed by atoms with Crippen molar-refractivity contribution >= 4 is 28.8 Å². The molecule has 0 radical (unpaired) electrons. The first-order valence-electron chi connectivity index (χ1n) is 9.77. The zero-order valence-corrected chi connectivity index (χ0v) is 17.4. The first-order chi connectivity index (χ1) is 14.6. The molecule has 30 heavy (non-hydrogen) atoms. The number of methoxy groups -OCH3 is 1. The molecule has 0 spiro atoms. The molecule has 1 aliphatic heterocycles. The van der Waals surface area contributed by atoms with E-state index in [1.54, 1.807) is 19.2 Å². The fourth-order valence-electron chi connectivity index (χ4n) is 3.50. The Morgan fingerprint density at radius 3 is 2.77 bits per heavy atom. The number of ether oxygens (including phenoxy) is 1. The molecule has 2 amide bonds. The summed E-state index contributed by atoms with van der Waals surface area (Å²) in [6.07, 6.45) is 1.79. The Hall–Kier alpha value is -3.26. The molecule has 8 heteroatoms. The maximum atomic E-state index is 12.9. The molecule has 7 nitrogen and oxygen atoms in total. The van der Waals surface area contributed by atoms with Crippen LogP contribution < -0.4 is 10.1 Å². The zero-order valence-electron chi connectivity index (χ0n) is 16.6. The number of piperidine rings is 1. The van der Waals surface area contributed by atoms with Crippen LogP contribution >= 0.6 is 11.3 Å². The minimum Gasteiger partial charge on any atom is -0.497 e. The quantitative estimate of drug-likeness (QED) is 0.676. The Morgan fingerprint density at radius 1 is 1.13 bits per heavy atom. The van der Waals surface area contributed by atoms with E-state index in [1.807, 2.05) is 47.4 Å². The highest BCUT2D eigenvalue weighted by Crippen LogP contribution is 2.30. The van der Waals surface area contributed by atoms with Gasteiger partial charge in [-0.1, -0.05) is 35.6 Å². The van der Waals surface area contributed by atoms with Crippen molar-refractivity contribution in [1.29, 1.82) is 0 Å². The monoisotopic (exact) mass is 422 g/mol. The standard InChI is InChI=1S/C22H22N4O3S/c1-29-18-11-5-7-15(13-18)22(28)26-12-6-8-16(14-26)20-24-25-21(30-20)19(27)23-17-9-3-2-4-10-17/h2-5,7,9-11,13,16H,6,8,12,14H2,1H3,(H,23,27)/t16-/m1/s1. The summed E-state index contributed by atoms with van der Waals surface area (Å²) in [4.78, 5) is 27.2. The lowest BCUT2D eigenvalue weighted by atomic mass is 9.98. The Kier molecular flexibility index (Phi) is 6.04. The van der Waals surface area contributed by atoms with Crippen molar-refractivity contribution in [2.75, 3.05) is 25.5 Å². The summed E-state index contributed by atoms with van der Waals surface area (Å²) < 4.78 is 5.23. The van der Waals surface area contributed by atoms with Crippen LogP contribution in [0.25, 0.3) is 0 Å². The normalized spacial score (nSPS) is 16.2. The van der Waals surface area contributed by atoms with Crippen LogP contribution in [-0.2, 0) is 0 Å². The average molecular weight is 423 g/mol. The summed E-state index contributed by atoms with van der Waals surface area (Å²) in [5, 5.41) is 12.3. The molecule has 154 valence electrons. The number of nitrogens with zero attached hydrogens (tertiary/aromatic N) is 3. The molecule has 1 saturated heterocycles. The molecule has 0 saturated carbocycles. The Balaban J connectivity index is 1.43. The van der Waals surface area contributed by atoms with Crippen LogP contribution in [0, 0.1) is 0 Å². The molecule has 1 fully saturated rings. The lowest BCUT2D eigenvalue weighted by molar-refractivity contribution is 0.0706. The summed E-state index contributed by atoms with van der Waals surface area (Å²) in [5.41, 5.74) is 1.32. The van der Waals surface area contributed by atoms with Crippen molar-refractivity contribution in [2.45, 2.75) is 18.8 Å². The van der Waals surface area contributed by atoms with E-state index in [2.05, 4.69) is 15.5 Å². The number of likely N-dealkylation sites (tertiary alicyclic amines) is 1. The summed E-state index contributed by atoms with van der Waals surface area (Å²) in [5.74, 6) is 0.437. The third-order valence-corrected chi connectivity index (χ3v) is 6.13. The minimum atomic E-state index is -0.273. The Labute approximate surface area is 178 Å². The minimum absolute atomic E-state index is 0.0230. The lowest BCUT2D eigenvalue weighted by Crippen LogP contribution is -2.39. The molecule has 1 aromatic heterocycles. The lowest BCUT2D eigenvalue weighted by Gasteiger charge is -2.31. The molecule has 2 heterocycles. The van der Waals surface area contributed by atoms with Gasteiger partial charge in [0.25, 0.3) is 11.8 Å². The number of benzene rings is 2. The molecule has 0 aliphatic carbocycles. The number of carbonyl (C=O) groups is 2. The van der Waals surface area contributed by atoms with Crippen LogP contribution in [0.2, 0.25) is 0 Å². The van der Waals surface area contributed by atoms with E-state index < -0.39 is 0 Å². The molecule has 1 atom stereocenters. The first-order valence-corrected chi connectivity index (χ1v) is 10.6. The van der Waals surface area contributed by atoms with Gasteiger partial charge in [-0.15, -0.1) is 10.2 Å². The van der Waals surface area contributed by atoms with Crippen molar-refractivity contribution in [3.05, 3.63) is 70.2 Å². The molecule has 0 bridgehead atoms. The van der Waals surface area contributed by atoms with Crippen LogP contribution in [0.3, 0.4) is 0 Å². The highest BCUT2D eigenvalue weighted by molar-refractivity contribution is 7.13. The van der Waals surface area contributed by atoms with Crippen molar-refractivity contribution < 1.29 is 14.3 Å². The molecule has 4 rings (SSSR count). The van der Waals surface area contributed by atoms with Crippen LogP contribution in [0.4, 0.5) is 5.69 Å². The maximum Gasteiger partial charge on any atom is 0.286 e. The van der Waals surface area contributed by atoms with Crippen molar-refractivity contribution in [1.82, 2.24) is 15.1 Å². The van der Waals surface area contributed by atoms with Crippen molar-refractivity contribution in [3.8, 4) is 5.75 Å². The fraction of sp³-hybridized carbons (Fsp3) is 0.273. The van der Waals surface area contributed by atoms with Crippen molar-refractivity contribution in [2.24, 2.45) is 0 Å². The second-order valence-electron chi connectivity index (χ2n) is 7.09. The second-order valence-corrected chi connectivity index (χ2v) is 8.10. The average Bonchev–Trinajstić information content (AvgIpc) is 3.30. The van der Waals surface area contributed by atoms with E-state index in [9.17, 15) is 9.59 Å². The van der Waals surface area contributed by atoms with Gasteiger partial charge < -0.3 is 15.0 Å². The number of hydrogen-bond acceptors (Lipinski definition) is 6. The van der Waals surface area contributed by atoms with Gasteiger partial charge in [0.2, 0.25) is 5.01 Å². The number of aromatic nitrogens is 2. The van der Waals surface area contributed by atoms with Gasteiger partial charge in [-0.05, 0) is 43.2 Å². The third-order valence-electron chi connectivity index (χ3n) is 5.04. The number of hydrogen-bond donors (Lipinski definition) is 1. The highest BCUT2D eigenvalue weighted by Gasteiger charge is 2.28. The zero-order chi connectivity index (χ0) is 20.9. The van der Waals surface area contributed by atoms with Gasteiger partial charge in [-0.25, -0.2) is 0 Å². The molecule has 0 unspecified atom stereocenters. The summed E-state index contributed by atoms with van der Waals surface area (Å²) >= 11 is 1.29.